The highest BCUT2D eigenvalue weighted by atomic mass is 16.6. The topological polar surface area (TPSA) is 35.5 Å². The van der Waals surface area contributed by atoms with Crippen LogP contribution in [0.1, 0.15) is 34.1 Å². The van der Waals surface area contributed by atoms with Crippen LogP contribution in [0.4, 0.5) is 0 Å². The van der Waals surface area contributed by atoms with E-state index in [1.54, 1.807) is 6.08 Å². The third-order valence-electron chi connectivity index (χ3n) is 2.47. The minimum Gasteiger partial charge on any atom is -0.463 e. The molecule has 88 valence electrons. The van der Waals surface area contributed by atoms with Crippen molar-refractivity contribution in [1.82, 2.24) is 0 Å². The maximum Gasteiger partial charge on any atom is 0.311 e. The second-order valence-corrected chi connectivity index (χ2v) is 4.18. The van der Waals surface area contributed by atoms with Crippen LogP contribution in [-0.4, -0.2) is 25.3 Å². The van der Waals surface area contributed by atoms with Gasteiger partial charge in [-0.2, -0.15) is 0 Å². The molecular formula is C12H22O3. The predicted molar refractivity (Wildman–Crippen MR) is 60.6 cm³/mol. The Morgan fingerprint density at radius 1 is 1.47 bits per heavy atom. The van der Waals surface area contributed by atoms with Gasteiger partial charge < -0.3 is 9.47 Å². The smallest absolute Gasteiger partial charge is 0.311 e. The number of ether oxygens (including phenoxy) is 2. The van der Waals surface area contributed by atoms with E-state index in [1.807, 2.05) is 27.7 Å². The molecule has 0 aromatic carbocycles. The Labute approximate surface area is 92.5 Å². The van der Waals surface area contributed by atoms with Gasteiger partial charge in [0.2, 0.25) is 0 Å². The van der Waals surface area contributed by atoms with Gasteiger partial charge in [-0.05, 0) is 27.2 Å². The standard InChI is InChI=1S/C12H22O3/c1-6-10(3)14-8-9-15-11(13)12(4,5)7-2/h6,10H,1,7-9H2,2-5H3. The van der Waals surface area contributed by atoms with Crippen LogP contribution in [0.5, 0.6) is 0 Å². The molecule has 1 atom stereocenters. The highest BCUT2D eigenvalue weighted by Crippen LogP contribution is 2.21. The van der Waals surface area contributed by atoms with Crippen LogP contribution in [-0.2, 0) is 14.3 Å². The van der Waals surface area contributed by atoms with E-state index in [0.29, 0.717) is 13.2 Å². The summed E-state index contributed by atoms with van der Waals surface area (Å²) in [6, 6.07) is 0. The van der Waals surface area contributed by atoms with Crippen molar-refractivity contribution in [2.45, 2.75) is 40.2 Å². The predicted octanol–water partition coefficient (Wildman–Crippen LogP) is 2.56. The largest absolute Gasteiger partial charge is 0.463 e. The normalized spacial score (nSPS) is 13.3. The van der Waals surface area contributed by atoms with Gasteiger partial charge in [0, 0.05) is 0 Å². The molecule has 1 unspecified atom stereocenters. The van der Waals surface area contributed by atoms with E-state index in [9.17, 15) is 4.79 Å². The lowest BCUT2D eigenvalue weighted by Gasteiger charge is -2.20. The number of hydrogen-bond donors (Lipinski definition) is 0. The minimum absolute atomic E-state index is 0.00267. The molecule has 0 aliphatic rings. The van der Waals surface area contributed by atoms with Crippen LogP contribution >= 0.6 is 0 Å². The number of hydrogen-bond acceptors (Lipinski definition) is 3. The van der Waals surface area contributed by atoms with Crippen LogP contribution in [0, 0.1) is 5.41 Å². The van der Waals surface area contributed by atoms with Crippen LogP contribution < -0.4 is 0 Å². The fraction of sp³-hybridized carbons (Fsp3) is 0.750. The third-order valence-corrected chi connectivity index (χ3v) is 2.47. The van der Waals surface area contributed by atoms with Crippen LogP contribution in [0.15, 0.2) is 12.7 Å². The second kappa shape index (κ2) is 6.62. The van der Waals surface area contributed by atoms with Gasteiger partial charge >= 0.3 is 5.97 Å². The van der Waals surface area contributed by atoms with Gasteiger partial charge in [-0.3, -0.25) is 4.79 Å². The average Bonchev–Trinajstić information content (AvgIpc) is 2.23. The van der Waals surface area contributed by atoms with Gasteiger partial charge in [-0.1, -0.05) is 13.0 Å². The molecule has 3 heteroatoms. The SMILES string of the molecule is C=CC(C)OCCOC(=O)C(C)(C)CC. The lowest BCUT2D eigenvalue weighted by atomic mass is 9.91. The molecule has 0 saturated carbocycles. The Hall–Kier alpha value is -0.830. The first-order valence-corrected chi connectivity index (χ1v) is 5.35. The molecule has 0 aromatic rings. The Balaban J connectivity index is 3.69. The molecule has 15 heavy (non-hydrogen) atoms. The first kappa shape index (κ1) is 14.2. The van der Waals surface area contributed by atoms with E-state index in [2.05, 4.69) is 6.58 Å². The lowest BCUT2D eigenvalue weighted by molar-refractivity contribution is -0.155. The molecule has 0 rings (SSSR count). The summed E-state index contributed by atoms with van der Waals surface area (Å²) in [7, 11) is 0. The molecule has 0 bridgehead atoms. The van der Waals surface area contributed by atoms with Crippen molar-refractivity contribution in [3.63, 3.8) is 0 Å². The van der Waals surface area contributed by atoms with Crippen molar-refractivity contribution >= 4 is 5.97 Å². The molecule has 3 nitrogen and oxygen atoms in total. The summed E-state index contributed by atoms with van der Waals surface area (Å²) < 4.78 is 10.4. The van der Waals surface area contributed by atoms with Crippen LogP contribution in [0.25, 0.3) is 0 Å². The second-order valence-electron chi connectivity index (χ2n) is 4.18. The Bertz CT molecular complexity index is 209. The van der Waals surface area contributed by atoms with E-state index >= 15 is 0 Å². The van der Waals surface area contributed by atoms with Crippen molar-refractivity contribution < 1.29 is 14.3 Å². The van der Waals surface area contributed by atoms with Crippen molar-refractivity contribution in [3.05, 3.63) is 12.7 Å². The van der Waals surface area contributed by atoms with Gasteiger partial charge in [0.25, 0.3) is 0 Å². The first-order chi connectivity index (χ1) is 6.94. The Morgan fingerprint density at radius 3 is 2.53 bits per heavy atom. The van der Waals surface area contributed by atoms with Crippen molar-refractivity contribution in [2.24, 2.45) is 5.41 Å². The molecule has 0 radical (unpaired) electrons. The molecule has 0 N–H and O–H groups in total. The molecule has 0 spiro atoms. The Morgan fingerprint density at radius 2 is 2.07 bits per heavy atom. The number of rotatable bonds is 7. The van der Waals surface area contributed by atoms with Crippen LogP contribution in [0.3, 0.4) is 0 Å². The zero-order valence-electron chi connectivity index (χ0n) is 10.2. The maximum absolute atomic E-state index is 11.5. The monoisotopic (exact) mass is 214 g/mol. The summed E-state index contributed by atoms with van der Waals surface area (Å²) in [5.74, 6) is -0.167. The summed E-state index contributed by atoms with van der Waals surface area (Å²) in [5.41, 5.74) is -0.399. The zero-order chi connectivity index (χ0) is 11.9. The summed E-state index contributed by atoms with van der Waals surface area (Å²) in [6.07, 6.45) is 2.48. The number of carbonyl (C=O) groups excluding carboxylic acids is 1. The van der Waals surface area contributed by atoms with E-state index in [-0.39, 0.29) is 12.1 Å². The minimum atomic E-state index is -0.399. The van der Waals surface area contributed by atoms with Gasteiger partial charge in [-0.25, -0.2) is 0 Å². The van der Waals surface area contributed by atoms with Crippen molar-refractivity contribution in [3.8, 4) is 0 Å². The highest BCUT2D eigenvalue weighted by Gasteiger charge is 2.26. The average molecular weight is 214 g/mol. The molecule has 0 amide bonds. The third kappa shape index (κ3) is 5.57. The summed E-state index contributed by atoms with van der Waals surface area (Å²) >= 11 is 0. The molecule has 0 aromatic heterocycles. The number of carbonyl (C=O) groups is 1. The fourth-order valence-electron chi connectivity index (χ4n) is 0.776. The lowest BCUT2D eigenvalue weighted by Crippen LogP contribution is -2.27. The quantitative estimate of drug-likeness (QED) is 0.371. The molecule has 0 heterocycles. The molecule has 0 fully saturated rings. The molecular weight excluding hydrogens is 192 g/mol. The number of esters is 1. The van der Waals surface area contributed by atoms with Crippen LogP contribution in [0.2, 0.25) is 0 Å². The zero-order valence-corrected chi connectivity index (χ0v) is 10.2. The van der Waals surface area contributed by atoms with Gasteiger partial charge in [-0.15, -0.1) is 6.58 Å². The van der Waals surface area contributed by atoms with E-state index in [1.165, 1.54) is 0 Å². The van der Waals surface area contributed by atoms with Gasteiger partial charge in [0.05, 0.1) is 18.1 Å². The van der Waals surface area contributed by atoms with E-state index < -0.39 is 5.41 Å². The summed E-state index contributed by atoms with van der Waals surface area (Å²) in [6.45, 7) is 11.9. The van der Waals surface area contributed by atoms with E-state index in [4.69, 9.17) is 9.47 Å². The fourth-order valence-corrected chi connectivity index (χ4v) is 0.776. The summed E-state index contributed by atoms with van der Waals surface area (Å²) in [5, 5.41) is 0. The highest BCUT2D eigenvalue weighted by molar-refractivity contribution is 5.75. The molecule has 0 aliphatic heterocycles. The molecule has 0 saturated heterocycles. The Kier molecular flexibility index (Phi) is 6.25. The van der Waals surface area contributed by atoms with Crippen molar-refractivity contribution in [1.29, 1.82) is 0 Å². The summed E-state index contributed by atoms with van der Waals surface area (Å²) in [4.78, 5) is 11.5. The van der Waals surface area contributed by atoms with E-state index in [0.717, 1.165) is 6.42 Å². The first-order valence-electron chi connectivity index (χ1n) is 5.35. The maximum atomic E-state index is 11.5. The van der Waals surface area contributed by atoms with Crippen molar-refractivity contribution in [2.75, 3.05) is 13.2 Å². The van der Waals surface area contributed by atoms with Gasteiger partial charge in [0.15, 0.2) is 0 Å². The molecule has 0 aliphatic carbocycles. The van der Waals surface area contributed by atoms with Gasteiger partial charge in [0.1, 0.15) is 6.61 Å².